The molecule has 0 saturated heterocycles. The lowest BCUT2D eigenvalue weighted by Gasteiger charge is -2.17. The molecule has 0 atom stereocenters. The molecule has 50 heavy (non-hydrogen) atoms. The monoisotopic (exact) mass is 635 g/mol. The first-order valence-electron chi connectivity index (χ1n) is 16.3. The van der Waals surface area contributed by atoms with Crippen molar-refractivity contribution < 1.29 is 0 Å². The van der Waals surface area contributed by atoms with Crippen molar-refractivity contribution in [3.63, 3.8) is 0 Å². The summed E-state index contributed by atoms with van der Waals surface area (Å²) in [6, 6.07) is 57.7. The average molecular weight is 636 g/mol. The van der Waals surface area contributed by atoms with E-state index in [2.05, 4.69) is 118 Å². The topological polar surface area (TPSA) is 81.2 Å². The molecule has 0 N–H and O–H groups in total. The van der Waals surface area contributed by atoms with Crippen LogP contribution in [0.15, 0.2) is 152 Å². The maximum atomic E-state index is 10.4. The first-order chi connectivity index (χ1) is 24.7. The second kappa shape index (κ2) is 11.4. The molecule has 2 aromatic heterocycles. The lowest BCUT2D eigenvalue weighted by atomic mass is 9.92. The van der Waals surface area contributed by atoms with Crippen molar-refractivity contribution in [1.29, 1.82) is 15.8 Å². The summed E-state index contributed by atoms with van der Waals surface area (Å²) in [4.78, 5) is 0. The molecule has 7 aromatic carbocycles. The summed E-state index contributed by atoms with van der Waals surface area (Å²) < 4.78 is 4.44. The number of benzene rings is 7. The van der Waals surface area contributed by atoms with Gasteiger partial charge < -0.3 is 9.13 Å². The highest BCUT2D eigenvalue weighted by Gasteiger charge is 2.20. The van der Waals surface area contributed by atoms with Crippen molar-refractivity contribution in [3.05, 3.63) is 168 Å². The summed E-state index contributed by atoms with van der Waals surface area (Å²) in [6.07, 6.45) is 0. The van der Waals surface area contributed by atoms with E-state index in [1.165, 1.54) is 10.8 Å². The number of nitriles is 3. The van der Waals surface area contributed by atoms with Crippen molar-refractivity contribution in [2.75, 3.05) is 0 Å². The third-order valence-corrected chi connectivity index (χ3v) is 9.60. The Morgan fingerprint density at radius 1 is 0.380 bits per heavy atom. The number of nitrogens with zero attached hydrogens (tertiary/aromatic N) is 5. The number of aromatic nitrogens is 2. The highest BCUT2D eigenvalue weighted by atomic mass is 15.0. The van der Waals surface area contributed by atoms with Crippen LogP contribution in [0, 0.1) is 34.0 Å². The van der Waals surface area contributed by atoms with Crippen LogP contribution in [0.3, 0.4) is 0 Å². The zero-order valence-electron chi connectivity index (χ0n) is 26.7. The standard InChI is InChI=1S/C45H25N5/c46-26-29-16-21-43-39(24-29)38-11-3-6-14-42(38)50(43)44-15-7-8-32(28-48)45(44)34-23-30(27-47)22-33(25-34)31-17-19-35(20-18-31)49-40-12-4-1-9-36(40)37-10-2-5-13-41(37)49/h1-25H. The molecule has 5 nitrogen and oxygen atoms in total. The minimum Gasteiger partial charge on any atom is -0.309 e. The Bertz CT molecular complexity index is 2900. The summed E-state index contributed by atoms with van der Waals surface area (Å²) in [6.45, 7) is 0. The molecule has 0 aliphatic carbocycles. The van der Waals surface area contributed by atoms with Crippen molar-refractivity contribution in [2.24, 2.45) is 0 Å². The van der Waals surface area contributed by atoms with Gasteiger partial charge in [-0.1, -0.05) is 72.8 Å². The summed E-state index contributed by atoms with van der Waals surface area (Å²) in [5.41, 5.74) is 11.0. The Hall–Kier alpha value is -7.39. The third kappa shape index (κ3) is 4.38. The van der Waals surface area contributed by atoms with Crippen LogP contribution in [0.5, 0.6) is 0 Å². The Morgan fingerprint density at radius 3 is 1.60 bits per heavy atom. The Labute approximate surface area is 287 Å². The molecule has 0 radical (unpaired) electrons. The second-order valence-electron chi connectivity index (χ2n) is 12.3. The largest absolute Gasteiger partial charge is 0.309 e. The van der Waals surface area contributed by atoms with Crippen LogP contribution < -0.4 is 0 Å². The number of fused-ring (bicyclic) bond motifs is 6. The van der Waals surface area contributed by atoms with E-state index in [0.29, 0.717) is 16.7 Å². The van der Waals surface area contributed by atoms with Crippen LogP contribution in [0.25, 0.3) is 77.2 Å². The molecular weight excluding hydrogens is 611 g/mol. The van der Waals surface area contributed by atoms with Gasteiger partial charge in [-0.3, -0.25) is 0 Å². The van der Waals surface area contributed by atoms with Gasteiger partial charge in [0.1, 0.15) is 0 Å². The molecule has 0 unspecified atom stereocenters. The molecule has 0 aliphatic heterocycles. The first kappa shape index (κ1) is 28.8. The molecule has 0 amide bonds. The molecule has 0 bridgehead atoms. The Balaban J connectivity index is 1.22. The molecule has 0 saturated carbocycles. The maximum Gasteiger partial charge on any atom is 0.0998 e. The zero-order valence-corrected chi connectivity index (χ0v) is 26.7. The fourth-order valence-electron chi connectivity index (χ4n) is 7.43. The van der Waals surface area contributed by atoms with Gasteiger partial charge in [-0.05, 0) is 95.6 Å². The smallest absolute Gasteiger partial charge is 0.0998 e. The molecule has 9 aromatic rings. The van der Waals surface area contributed by atoms with Gasteiger partial charge in [0.05, 0.1) is 62.7 Å². The van der Waals surface area contributed by atoms with Gasteiger partial charge in [-0.25, -0.2) is 0 Å². The van der Waals surface area contributed by atoms with Gasteiger partial charge >= 0.3 is 0 Å². The van der Waals surface area contributed by atoms with Gasteiger partial charge in [0, 0.05) is 32.8 Å². The SMILES string of the molecule is N#Cc1cc(-c2ccc(-n3c4ccccc4c4ccccc43)cc2)cc(-c2c(C#N)cccc2-n2c3ccccc3c3cc(C#N)ccc32)c1. The van der Waals surface area contributed by atoms with Crippen molar-refractivity contribution in [3.8, 4) is 51.8 Å². The number of para-hydroxylation sites is 3. The minimum absolute atomic E-state index is 0.503. The van der Waals surface area contributed by atoms with Crippen LogP contribution in [0.4, 0.5) is 0 Å². The van der Waals surface area contributed by atoms with E-state index in [1.54, 1.807) is 0 Å². The highest BCUT2D eigenvalue weighted by molar-refractivity contribution is 6.11. The van der Waals surface area contributed by atoms with E-state index >= 15 is 0 Å². The van der Waals surface area contributed by atoms with Crippen molar-refractivity contribution >= 4 is 43.6 Å². The number of hydrogen-bond acceptors (Lipinski definition) is 3. The van der Waals surface area contributed by atoms with E-state index in [4.69, 9.17) is 0 Å². The van der Waals surface area contributed by atoms with Crippen LogP contribution in [0.1, 0.15) is 16.7 Å². The molecular formula is C45H25N5. The van der Waals surface area contributed by atoms with Crippen LogP contribution in [-0.4, -0.2) is 9.13 Å². The molecule has 9 rings (SSSR count). The molecule has 0 spiro atoms. The van der Waals surface area contributed by atoms with Crippen LogP contribution in [0.2, 0.25) is 0 Å². The number of rotatable bonds is 4. The van der Waals surface area contributed by atoms with Gasteiger partial charge in [-0.2, -0.15) is 15.8 Å². The average Bonchev–Trinajstić information content (AvgIpc) is 3.70. The predicted octanol–water partition coefficient (Wildman–Crippen LogP) is 10.8. The molecule has 5 heteroatoms. The molecule has 230 valence electrons. The lowest BCUT2D eigenvalue weighted by molar-refractivity contribution is 1.18. The van der Waals surface area contributed by atoms with E-state index in [9.17, 15) is 15.8 Å². The lowest BCUT2D eigenvalue weighted by Crippen LogP contribution is -2.00. The summed E-state index contributed by atoms with van der Waals surface area (Å²) >= 11 is 0. The normalized spacial score (nSPS) is 11.1. The summed E-state index contributed by atoms with van der Waals surface area (Å²) in [5, 5.41) is 34.7. The fraction of sp³-hybridized carbons (Fsp3) is 0. The van der Waals surface area contributed by atoms with Crippen molar-refractivity contribution in [1.82, 2.24) is 9.13 Å². The van der Waals surface area contributed by atoms with E-state index < -0.39 is 0 Å². The minimum atomic E-state index is 0.503. The quantitative estimate of drug-likeness (QED) is 0.193. The Morgan fingerprint density at radius 2 is 0.960 bits per heavy atom. The van der Waals surface area contributed by atoms with E-state index in [0.717, 1.165) is 66.5 Å². The second-order valence-corrected chi connectivity index (χ2v) is 12.3. The van der Waals surface area contributed by atoms with Crippen molar-refractivity contribution in [2.45, 2.75) is 0 Å². The fourth-order valence-corrected chi connectivity index (χ4v) is 7.43. The third-order valence-electron chi connectivity index (χ3n) is 9.60. The zero-order chi connectivity index (χ0) is 33.8. The predicted molar refractivity (Wildman–Crippen MR) is 200 cm³/mol. The van der Waals surface area contributed by atoms with Crippen LogP contribution >= 0.6 is 0 Å². The molecule has 2 heterocycles. The van der Waals surface area contributed by atoms with Gasteiger partial charge in [0.15, 0.2) is 0 Å². The molecule has 0 aliphatic rings. The summed E-state index contributed by atoms with van der Waals surface area (Å²) in [7, 11) is 0. The van der Waals surface area contributed by atoms with Crippen LogP contribution in [-0.2, 0) is 0 Å². The van der Waals surface area contributed by atoms with Gasteiger partial charge in [0.25, 0.3) is 0 Å². The number of hydrogen-bond donors (Lipinski definition) is 0. The Kier molecular flexibility index (Phi) is 6.56. The van der Waals surface area contributed by atoms with Gasteiger partial charge in [-0.15, -0.1) is 0 Å². The maximum absolute atomic E-state index is 10.4. The highest BCUT2D eigenvalue weighted by Crippen LogP contribution is 2.40. The molecule has 0 fully saturated rings. The first-order valence-corrected chi connectivity index (χ1v) is 16.3. The van der Waals surface area contributed by atoms with Gasteiger partial charge in [0.2, 0.25) is 0 Å². The van der Waals surface area contributed by atoms with E-state index in [1.807, 2.05) is 60.7 Å². The summed E-state index contributed by atoms with van der Waals surface area (Å²) in [5.74, 6) is 0. The van der Waals surface area contributed by atoms with E-state index in [-0.39, 0.29) is 0 Å².